The van der Waals surface area contributed by atoms with E-state index >= 15 is 0 Å². The third-order valence-corrected chi connectivity index (χ3v) is 3.75. The van der Waals surface area contributed by atoms with Crippen molar-refractivity contribution in [3.8, 4) is 0 Å². The van der Waals surface area contributed by atoms with Gasteiger partial charge in [0.1, 0.15) is 0 Å². The molecule has 1 fully saturated rings. The minimum atomic E-state index is -0.809. The van der Waals surface area contributed by atoms with Gasteiger partial charge in [0.15, 0.2) is 0 Å². The number of urea groups is 1. The lowest BCUT2D eigenvalue weighted by atomic mass is 10.1. The lowest BCUT2D eigenvalue weighted by Gasteiger charge is -2.21. The summed E-state index contributed by atoms with van der Waals surface area (Å²) < 4.78 is 0. The van der Waals surface area contributed by atoms with Crippen LogP contribution in [0, 0.1) is 5.92 Å². The van der Waals surface area contributed by atoms with Crippen LogP contribution in [0.2, 0.25) is 0 Å². The van der Waals surface area contributed by atoms with Crippen molar-refractivity contribution in [3.63, 3.8) is 0 Å². The van der Waals surface area contributed by atoms with Crippen molar-refractivity contribution in [2.75, 3.05) is 25.1 Å². The standard InChI is InChI=1S/C11H20N2O3S/c1-3-9(7-17-2)12-11(16)13-5-4-8(6-13)10(14)15/h8-9H,3-7H2,1-2H3,(H,12,16)(H,14,15). The number of amides is 2. The summed E-state index contributed by atoms with van der Waals surface area (Å²) in [5, 5.41) is 11.8. The number of aliphatic carboxylic acids is 1. The van der Waals surface area contributed by atoms with Gasteiger partial charge in [-0.1, -0.05) is 6.92 Å². The molecule has 0 aromatic carbocycles. The maximum atomic E-state index is 11.9. The summed E-state index contributed by atoms with van der Waals surface area (Å²) >= 11 is 1.70. The Morgan fingerprint density at radius 1 is 1.59 bits per heavy atom. The summed E-state index contributed by atoms with van der Waals surface area (Å²) in [6.45, 7) is 2.90. The smallest absolute Gasteiger partial charge is 0.317 e. The van der Waals surface area contributed by atoms with Gasteiger partial charge in [-0.2, -0.15) is 11.8 Å². The first-order chi connectivity index (χ1) is 8.08. The number of nitrogens with zero attached hydrogens (tertiary/aromatic N) is 1. The van der Waals surface area contributed by atoms with Gasteiger partial charge in [-0.3, -0.25) is 4.79 Å². The summed E-state index contributed by atoms with van der Waals surface area (Å²) in [6.07, 6.45) is 3.45. The quantitative estimate of drug-likeness (QED) is 0.780. The first-order valence-corrected chi connectivity index (χ1v) is 7.25. The number of carboxylic acids is 1. The van der Waals surface area contributed by atoms with E-state index in [0.29, 0.717) is 19.5 Å². The lowest BCUT2D eigenvalue weighted by Crippen LogP contribution is -2.44. The fourth-order valence-electron chi connectivity index (χ4n) is 1.87. The van der Waals surface area contributed by atoms with Crippen LogP contribution in [0.5, 0.6) is 0 Å². The van der Waals surface area contributed by atoms with Crippen LogP contribution in [0.15, 0.2) is 0 Å². The number of carbonyl (C=O) groups is 2. The number of carboxylic acid groups (broad SMARTS) is 1. The Labute approximate surface area is 106 Å². The molecular formula is C11H20N2O3S. The molecule has 0 bridgehead atoms. The van der Waals surface area contributed by atoms with E-state index in [1.54, 1.807) is 16.7 Å². The monoisotopic (exact) mass is 260 g/mol. The van der Waals surface area contributed by atoms with E-state index in [-0.39, 0.29) is 12.1 Å². The maximum Gasteiger partial charge on any atom is 0.317 e. The van der Waals surface area contributed by atoms with Gasteiger partial charge in [-0.15, -0.1) is 0 Å². The summed E-state index contributed by atoms with van der Waals surface area (Å²) in [4.78, 5) is 24.3. The molecule has 1 saturated heterocycles. The summed E-state index contributed by atoms with van der Waals surface area (Å²) in [5.74, 6) is -0.323. The van der Waals surface area contributed by atoms with Gasteiger partial charge in [0.25, 0.3) is 0 Å². The Bertz CT molecular complexity index is 286. The van der Waals surface area contributed by atoms with E-state index in [0.717, 1.165) is 12.2 Å². The molecule has 17 heavy (non-hydrogen) atoms. The highest BCUT2D eigenvalue weighted by Crippen LogP contribution is 2.16. The third kappa shape index (κ3) is 4.11. The number of carbonyl (C=O) groups excluding carboxylic acids is 1. The molecule has 1 rings (SSSR count). The number of hydrogen-bond donors (Lipinski definition) is 2. The van der Waals surface area contributed by atoms with E-state index in [1.165, 1.54) is 0 Å². The molecule has 1 aliphatic heterocycles. The summed E-state index contributed by atoms with van der Waals surface area (Å²) in [7, 11) is 0. The molecule has 5 nitrogen and oxygen atoms in total. The number of rotatable bonds is 5. The van der Waals surface area contributed by atoms with Crippen molar-refractivity contribution in [2.24, 2.45) is 5.92 Å². The average molecular weight is 260 g/mol. The van der Waals surface area contributed by atoms with Gasteiger partial charge in [0.05, 0.1) is 5.92 Å². The second-order valence-electron chi connectivity index (χ2n) is 4.28. The van der Waals surface area contributed by atoms with Crippen molar-refractivity contribution in [1.82, 2.24) is 10.2 Å². The van der Waals surface area contributed by atoms with Crippen LogP contribution in [-0.4, -0.2) is 53.1 Å². The highest BCUT2D eigenvalue weighted by molar-refractivity contribution is 7.98. The van der Waals surface area contributed by atoms with E-state index in [2.05, 4.69) is 5.32 Å². The van der Waals surface area contributed by atoms with Gasteiger partial charge in [-0.25, -0.2) is 4.79 Å². The fourth-order valence-corrected chi connectivity index (χ4v) is 2.60. The predicted molar refractivity (Wildman–Crippen MR) is 68.3 cm³/mol. The predicted octanol–water partition coefficient (Wildman–Crippen LogP) is 1.24. The van der Waals surface area contributed by atoms with Crippen molar-refractivity contribution in [2.45, 2.75) is 25.8 Å². The van der Waals surface area contributed by atoms with Crippen molar-refractivity contribution in [3.05, 3.63) is 0 Å². The SMILES string of the molecule is CCC(CSC)NC(=O)N1CCC(C(=O)O)C1. The van der Waals surface area contributed by atoms with Crippen LogP contribution < -0.4 is 5.32 Å². The largest absolute Gasteiger partial charge is 0.481 e. The molecule has 0 saturated carbocycles. The topological polar surface area (TPSA) is 69.6 Å². The Balaban J connectivity index is 2.41. The van der Waals surface area contributed by atoms with E-state index in [1.807, 2.05) is 13.2 Å². The minimum absolute atomic E-state index is 0.130. The Hall–Kier alpha value is -0.910. The van der Waals surface area contributed by atoms with Crippen LogP contribution in [-0.2, 0) is 4.79 Å². The molecule has 98 valence electrons. The molecule has 2 unspecified atom stereocenters. The average Bonchev–Trinajstić information content (AvgIpc) is 2.77. The molecular weight excluding hydrogens is 240 g/mol. The third-order valence-electron chi connectivity index (χ3n) is 3.01. The van der Waals surface area contributed by atoms with Gasteiger partial charge in [0.2, 0.25) is 0 Å². The fraction of sp³-hybridized carbons (Fsp3) is 0.818. The number of thioether (sulfide) groups is 1. The minimum Gasteiger partial charge on any atom is -0.481 e. The number of likely N-dealkylation sites (tertiary alicyclic amines) is 1. The molecule has 0 aliphatic carbocycles. The molecule has 0 radical (unpaired) electrons. The molecule has 2 amide bonds. The Kier molecular flexibility index (Phi) is 5.61. The second-order valence-corrected chi connectivity index (χ2v) is 5.19. The van der Waals surface area contributed by atoms with Gasteiger partial charge in [0, 0.05) is 24.9 Å². The Morgan fingerprint density at radius 2 is 2.29 bits per heavy atom. The van der Waals surface area contributed by atoms with E-state index in [9.17, 15) is 9.59 Å². The number of hydrogen-bond acceptors (Lipinski definition) is 3. The zero-order valence-corrected chi connectivity index (χ0v) is 11.1. The van der Waals surface area contributed by atoms with Gasteiger partial charge < -0.3 is 15.3 Å². The molecule has 2 atom stereocenters. The molecule has 1 aliphatic rings. The highest BCUT2D eigenvalue weighted by atomic mass is 32.2. The first kappa shape index (κ1) is 14.2. The zero-order chi connectivity index (χ0) is 12.8. The second kappa shape index (κ2) is 6.74. The normalized spacial score (nSPS) is 21.3. The first-order valence-electron chi connectivity index (χ1n) is 5.85. The van der Waals surface area contributed by atoms with Crippen LogP contribution >= 0.6 is 11.8 Å². The van der Waals surface area contributed by atoms with Crippen LogP contribution in [0.25, 0.3) is 0 Å². The summed E-state index contributed by atoms with van der Waals surface area (Å²) in [6, 6.07) is 0.0380. The van der Waals surface area contributed by atoms with Crippen molar-refractivity contribution in [1.29, 1.82) is 0 Å². The van der Waals surface area contributed by atoms with Gasteiger partial charge in [-0.05, 0) is 19.1 Å². The van der Waals surface area contributed by atoms with Crippen LogP contribution in [0.1, 0.15) is 19.8 Å². The van der Waals surface area contributed by atoms with Crippen LogP contribution in [0.4, 0.5) is 4.79 Å². The molecule has 2 N–H and O–H groups in total. The zero-order valence-electron chi connectivity index (χ0n) is 10.3. The molecule has 6 heteroatoms. The van der Waals surface area contributed by atoms with Crippen molar-refractivity contribution < 1.29 is 14.7 Å². The molecule has 1 heterocycles. The molecule has 0 aromatic rings. The lowest BCUT2D eigenvalue weighted by molar-refractivity contribution is -0.141. The Morgan fingerprint density at radius 3 is 2.76 bits per heavy atom. The van der Waals surface area contributed by atoms with Crippen molar-refractivity contribution >= 4 is 23.8 Å². The maximum absolute atomic E-state index is 11.9. The van der Waals surface area contributed by atoms with Gasteiger partial charge >= 0.3 is 12.0 Å². The molecule has 0 aromatic heterocycles. The van der Waals surface area contributed by atoms with Crippen LogP contribution in [0.3, 0.4) is 0 Å². The summed E-state index contributed by atoms with van der Waals surface area (Å²) in [5.41, 5.74) is 0. The molecule has 0 spiro atoms. The highest BCUT2D eigenvalue weighted by Gasteiger charge is 2.31. The number of nitrogens with one attached hydrogen (secondary N) is 1. The van der Waals surface area contributed by atoms with E-state index in [4.69, 9.17) is 5.11 Å². The van der Waals surface area contributed by atoms with E-state index < -0.39 is 11.9 Å².